The molecule has 0 aromatic heterocycles. The van der Waals surface area contributed by atoms with E-state index in [1.165, 1.54) is 11.8 Å². The van der Waals surface area contributed by atoms with Crippen LogP contribution in [-0.4, -0.2) is 22.8 Å². The summed E-state index contributed by atoms with van der Waals surface area (Å²) in [6.07, 6.45) is 1.48. The van der Waals surface area contributed by atoms with E-state index in [-0.39, 0.29) is 13.3 Å². The van der Waals surface area contributed by atoms with Crippen LogP contribution in [-0.2, 0) is 0 Å². The fourth-order valence-electron chi connectivity index (χ4n) is 0.983. The van der Waals surface area contributed by atoms with Crippen LogP contribution in [0.2, 0.25) is 0 Å². The van der Waals surface area contributed by atoms with E-state index in [0.29, 0.717) is 0 Å². The van der Waals surface area contributed by atoms with E-state index in [1.807, 2.05) is 27.7 Å². The molecular weight excluding hydrogens is 190 g/mol. The van der Waals surface area contributed by atoms with Crippen LogP contribution in [0.25, 0.3) is 0 Å². The van der Waals surface area contributed by atoms with Crippen molar-refractivity contribution < 1.29 is 8.78 Å². The molecule has 0 aliphatic heterocycles. The van der Waals surface area contributed by atoms with Crippen LogP contribution in [0.5, 0.6) is 0 Å². The summed E-state index contributed by atoms with van der Waals surface area (Å²) < 4.78 is 24.6. The van der Waals surface area contributed by atoms with Crippen LogP contribution >= 0.6 is 11.8 Å². The molecule has 2 unspecified atom stereocenters. The molecule has 0 saturated carbocycles. The van der Waals surface area contributed by atoms with Crippen molar-refractivity contribution in [3.05, 3.63) is 0 Å². The van der Waals surface area contributed by atoms with Crippen molar-refractivity contribution in [2.24, 2.45) is 0 Å². The Labute approximate surface area is 84.5 Å². The summed E-state index contributed by atoms with van der Waals surface area (Å²) >= 11 is 1.44. The van der Waals surface area contributed by atoms with Gasteiger partial charge in [0, 0.05) is 9.49 Å². The van der Waals surface area contributed by atoms with Crippen LogP contribution < -0.4 is 0 Å². The molecule has 0 nitrogen and oxygen atoms in total. The highest BCUT2D eigenvalue weighted by Crippen LogP contribution is 2.41. The monoisotopic (exact) mass is 210 g/mol. The summed E-state index contributed by atoms with van der Waals surface area (Å²) in [5.74, 6) is 0. The third-order valence-electron chi connectivity index (χ3n) is 2.55. The van der Waals surface area contributed by atoms with Crippen molar-refractivity contribution >= 4 is 11.8 Å². The highest BCUT2D eigenvalue weighted by Gasteiger charge is 2.34. The molecule has 0 amide bonds. The average Bonchev–Trinajstić information content (AvgIpc) is 2.17. The van der Waals surface area contributed by atoms with Gasteiger partial charge in [0.05, 0.1) is 0 Å². The fourth-order valence-corrected chi connectivity index (χ4v) is 2.57. The number of alkyl halides is 2. The standard InChI is InChI=1S/C10H20F2S/c1-5-9(3,7-11)13-10(4,6-2)8-12/h5-8H2,1-4H3. The molecule has 0 aromatic rings. The highest BCUT2D eigenvalue weighted by atomic mass is 32.2. The normalized spacial score (nSPS) is 20.8. The lowest BCUT2D eigenvalue weighted by atomic mass is 10.1. The fraction of sp³-hybridized carbons (Fsp3) is 1.00. The van der Waals surface area contributed by atoms with Crippen LogP contribution in [0.1, 0.15) is 40.5 Å². The summed E-state index contributed by atoms with van der Waals surface area (Å²) in [6, 6.07) is 0. The molecule has 0 aliphatic rings. The number of hydrogen-bond donors (Lipinski definition) is 0. The van der Waals surface area contributed by atoms with E-state index < -0.39 is 9.49 Å². The Morgan fingerprint density at radius 2 is 1.23 bits per heavy atom. The minimum absolute atomic E-state index is 0.385. The predicted octanol–water partition coefficient (Wildman–Crippen LogP) is 4.00. The molecule has 0 fully saturated rings. The van der Waals surface area contributed by atoms with E-state index in [9.17, 15) is 8.78 Å². The molecular formula is C10H20F2S. The van der Waals surface area contributed by atoms with Crippen LogP contribution in [0, 0.1) is 0 Å². The van der Waals surface area contributed by atoms with Crippen molar-refractivity contribution in [1.82, 2.24) is 0 Å². The lowest BCUT2D eigenvalue weighted by Gasteiger charge is -2.34. The summed E-state index contributed by atoms with van der Waals surface area (Å²) in [5, 5.41) is 0. The van der Waals surface area contributed by atoms with Gasteiger partial charge in [-0.1, -0.05) is 13.8 Å². The minimum Gasteiger partial charge on any atom is -0.250 e. The SMILES string of the molecule is CCC(C)(CF)SC(C)(CC)CF. The molecule has 3 heteroatoms. The lowest BCUT2D eigenvalue weighted by Crippen LogP contribution is -2.33. The first kappa shape index (κ1) is 13.2. The minimum atomic E-state index is -0.420. The second-order valence-corrected chi connectivity index (χ2v) is 6.15. The maximum absolute atomic E-state index is 12.7. The smallest absolute Gasteiger partial charge is 0.104 e. The molecule has 0 heterocycles. The van der Waals surface area contributed by atoms with Crippen molar-refractivity contribution in [1.29, 1.82) is 0 Å². The van der Waals surface area contributed by atoms with E-state index in [2.05, 4.69) is 0 Å². The quantitative estimate of drug-likeness (QED) is 0.638. The molecule has 0 aromatic carbocycles. The van der Waals surface area contributed by atoms with Gasteiger partial charge in [-0.25, -0.2) is 8.78 Å². The van der Waals surface area contributed by atoms with Crippen molar-refractivity contribution in [3.63, 3.8) is 0 Å². The zero-order chi connectivity index (χ0) is 10.5. The maximum Gasteiger partial charge on any atom is 0.104 e. The number of thioether (sulfide) groups is 1. The topological polar surface area (TPSA) is 0 Å². The third-order valence-corrected chi connectivity index (χ3v) is 4.34. The molecule has 0 N–H and O–H groups in total. The van der Waals surface area contributed by atoms with Gasteiger partial charge in [0.25, 0.3) is 0 Å². The van der Waals surface area contributed by atoms with Gasteiger partial charge in [-0.3, -0.25) is 0 Å². The van der Waals surface area contributed by atoms with Gasteiger partial charge in [0.2, 0.25) is 0 Å². The Morgan fingerprint density at radius 1 is 0.923 bits per heavy atom. The third kappa shape index (κ3) is 3.84. The first-order chi connectivity index (χ1) is 5.95. The van der Waals surface area contributed by atoms with Gasteiger partial charge in [0.15, 0.2) is 0 Å². The molecule has 0 spiro atoms. The second kappa shape index (κ2) is 5.18. The van der Waals surface area contributed by atoms with Gasteiger partial charge in [-0.05, 0) is 26.7 Å². The van der Waals surface area contributed by atoms with Crippen molar-refractivity contribution in [2.75, 3.05) is 13.3 Å². The predicted molar refractivity (Wildman–Crippen MR) is 56.9 cm³/mol. The summed E-state index contributed by atoms with van der Waals surface area (Å²) in [4.78, 5) is 0. The zero-order valence-electron chi connectivity index (χ0n) is 8.99. The number of rotatable bonds is 6. The maximum atomic E-state index is 12.7. The molecule has 0 bridgehead atoms. The van der Waals surface area contributed by atoms with E-state index in [4.69, 9.17) is 0 Å². The Bertz CT molecular complexity index is 124. The Kier molecular flexibility index (Phi) is 5.26. The molecule has 0 saturated heterocycles. The van der Waals surface area contributed by atoms with Gasteiger partial charge in [-0.2, -0.15) is 0 Å². The summed E-state index contributed by atoms with van der Waals surface area (Å²) in [5.41, 5.74) is 0. The van der Waals surface area contributed by atoms with Gasteiger partial charge in [-0.15, -0.1) is 11.8 Å². The number of halogens is 2. The summed E-state index contributed by atoms with van der Waals surface area (Å²) in [7, 11) is 0. The molecule has 80 valence electrons. The zero-order valence-corrected chi connectivity index (χ0v) is 9.81. The second-order valence-electron chi connectivity index (χ2n) is 3.98. The lowest BCUT2D eigenvalue weighted by molar-refractivity contribution is 0.380. The Morgan fingerprint density at radius 3 is 1.38 bits per heavy atom. The molecule has 2 atom stereocenters. The first-order valence-electron chi connectivity index (χ1n) is 4.77. The Hall–Kier alpha value is 0.210. The van der Waals surface area contributed by atoms with Crippen LogP contribution in [0.4, 0.5) is 8.78 Å². The highest BCUT2D eigenvalue weighted by molar-refractivity contribution is 8.02. The van der Waals surface area contributed by atoms with E-state index in [1.54, 1.807) is 0 Å². The van der Waals surface area contributed by atoms with Gasteiger partial charge < -0.3 is 0 Å². The van der Waals surface area contributed by atoms with Crippen molar-refractivity contribution in [2.45, 2.75) is 50.0 Å². The van der Waals surface area contributed by atoms with Crippen LogP contribution in [0.3, 0.4) is 0 Å². The largest absolute Gasteiger partial charge is 0.250 e. The van der Waals surface area contributed by atoms with Gasteiger partial charge in [0.1, 0.15) is 13.3 Å². The van der Waals surface area contributed by atoms with Gasteiger partial charge >= 0.3 is 0 Å². The molecule has 0 aliphatic carbocycles. The Balaban J connectivity index is 4.36. The average molecular weight is 210 g/mol. The first-order valence-corrected chi connectivity index (χ1v) is 5.59. The number of hydrogen-bond acceptors (Lipinski definition) is 1. The van der Waals surface area contributed by atoms with E-state index in [0.717, 1.165) is 12.8 Å². The van der Waals surface area contributed by atoms with Crippen LogP contribution in [0.15, 0.2) is 0 Å². The molecule has 0 radical (unpaired) electrons. The molecule has 13 heavy (non-hydrogen) atoms. The summed E-state index contributed by atoms with van der Waals surface area (Å²) in [6.45, 7) is 6.85. The van der Waals surface area contributed by atoms with E-state index >= 15 is 0 Å². The molecule has 0 rings (SSSR count). The van der Waals surface area contributed by atoms with Crippen molar-refractivity contribution in [3.8, 4) is 0 Å².